The van der Waals surface area contributed by atoms with Gasteiger partial charge in [-0.05, 0) is 24.8 Å². The van der Waals surface area contributed by atoms with Gasteiger partial charge >= 0.3 is 0 Å². The smallest absolute Gasteiger partial charge is 0.0468 e. The number of methoxy groups -OCH3 is 1. The van der Waals surface area contributed by atoms with E-state index in [1.807, 2.05) is 12.2 Å². The lowest BCUT2D eigenvalue weighted by Crippen LogP contribution is -1.99. The average Bonchev–Trinajstić information content (AvgIpc) is 2.01. The molecule has 0 spiro atoms. The van der Waals surface area contributed by atoms with Crippen molar-refractivity contribution in [2.24, 2.45) is 5.92 Å². The molecule has 1 atom stereocenters. The maximum atomic E-state index is 4.96. The van der Waals surface area contributed by atoms with Crippen LogP contribution in [0.1, 0.15) is 12.8 Å². The van der Waals surface area contributed by atoms with Crippen LogP contribution >= 0.6 is 0 Å². The van der Waals surface area contributed by atoms with Gasteiger partial charge < -0.3 is 4.74 Å². The molecule has 1 heteroatoms. The van der Waals surface area contributed by atoms with Crippen LogP contribution < -0.4 is 0 Å². The summed E-state index contributed by atoms with van der Waals surface area (Å²) in [5.41, 5.74) is 2.78. The van der Waals surface area contributed by atoms with E-state index in [1.54, 1.807) is 7.11 Å². The molecule has 1 unspecified atom stereocenters. The number of ether oxygens (including phenoxy) is 1. The van der Waals surface area contributed by atoms with Crippen LogP contribution in [0, 0.1) is 5.92 Å². The molecule has 0 radical (unpaired) electrons. The van der Waals surface area contributed by atoms with E-state index in [1.165, 1.54) is 0 Å². The molecule has 0 heterocycles. The molecule has 0 aromatic carbocycles. The highest BCUT2D eigenvalue weighted by Gasteiger charge is 2.00. The quantitative estimate of drug-likeness (QED) is 0.420. The zero-order chi connectivity index (χ0) is 8.53. The van der Waals surface area contributed by atoms with Gasteiger partial charge in [0, 0.05) is 13.7 Å². The van der Waals surface area contributed by atoms with Crippen molar-refractivity contribution in [3.63, 3.8) is 0 Å². The second kappa shape index (κ2) is 7.33. The Morgan fingerprint density at radius 1 is 1.64 bits per heavy atom. The molecular weight excluding hydrogens is 136 g/mol. The monoisotopic (exact) mass is 152 g/mol. The van der Waals surface area contributed by atoms with Gasteiger partial charge in [0.05, 0.1) is 0 Å². The molecule has 0 aliphatic carbocycles. The van der Waals surface area contributed by atoms with Crippen molar-refractivity contribution in [1.82, 2.24) is 0 Å². The van der Waals surface area contributed by atoms with Crippen molar-refractivity contribution >= 4 is 0 Å². The third-order valence-corrected chi connectivity index (χ3v) is 1.52. The molecule has 0 aromatic rings. The predicted octanol–water partition coefficient (Wildman–Crippen LogP) is 2.56. The van der Waals surface area contributed by atoms with Gasteiger partial charge in [-0.1, -0.05) is 12.7 Å². The molecule has 0 rings (SSSR count). The van der Waals surface area contributed by atoms with Crippen molar-refractivity contribution < 1.29 is 4.74 Å². The first-order valence-electron chi connectivity index (χ1n) is 3.81. The molecule has 1 nitrogen and oxygen atoms in total. The third-order valence-electron chi connectivity index (χ3n) is 1.52. The molecule has 11 heavy (non-hydrogen) atoms. The van der Waals surface area contributed by atoms with E-state index >= 15 is 0 Å². The van der Waals surface area contributed by atoms with E-state index in [4.69, 9.17) is 4.74 Å². The topological polar surface area (TPSA) is 9.23 Å². The van der Waals surface area contributed by atoms with Gasteiger partial charge in [-0.3, -0.25) is 0 Å². The Bertz CT molecular complexity index is 143. The molecule has 0 saturated heterocycles. The zero-order valence-corrected chi connectivity index (χ0v) is 7.18. The van der Waals surface area contributed by atoms with Gasteiger partial charge in [0.1, 0.15) is 0 Å². The van der Waals surface area contributed by atoms with Crippen LogP contribution in [0.5, 0.6) is 0 Å². The van der Waals surface area contributed by atoms with E-state index in [0.717, 1.165) is 19.4 Å². The molecular formula is C10H16O. The highest BCUT2D eigenvalue weighted by molar-refractivity contribution is 4.88. The van der Waals surface area contributed by atoms with E-state index in [9.17, 15) is 0 Å². The molecule has 0 N–H and O–H groups in total. The van der Waals surface area contributed by atoms with Gasteiger partial charge in [-0.15, -0.1) is 12.3 Å². The summed E-state index contributed by atoms with van der Waals surface area (Å²) in [7, 11) is 1.71. The second-order valence-corrected chi connectivity index (χ2v) is 2.44. The van der Waals surface area contributed by atoms with Crippen LogP contribution in [0.4, 0.5) is 0 Å². The number of rotatable bonds is 6. The highest BCUT2D eigenvalue weighted by atomic mass is 16.5. The van der Waals surface area contributed by atoms with Gasteiger partial charge in [0.15, 0.2) is 0 Å². The molecule has 62 valence electrons. The van der Waals surface area contributed by atoms with Crippen molar-refractivity contribution in [2.75, 3.05) is 13.7 Å². The Morgan fingerprint density at radius 2 is 2.36 bits per heavy atom. The van der Waals surface area contributed by atoms with Crippen LogP contribution in [0.25, 0.3) is 0 Å². The summed E-state index contributed by atoms with van der Waals surface area (Å²) >= 11 is 0. The summed E-state index contributed by atoms with van der Waals surface area (Å²) in [6.45, 7) is 8.01. The van der Waals surface area contributed by atoms with Gasteiger partial charge in [0.25, 0.3) is 0 Å². The van der Waals surface area contributed by atoms with Crippen LogP contribution in [-0.2, 0) is 4.74 Å². The Labute approximate surface area is 69.1 Å². The minimum Gasteiger partial charge on any atom is -0.385 e. The Morgan fingerprint density at radius 3 is 2.82 bits per heavy atom. The van der Waals surface area contributed by atoms with Crippen LogP contribution in [-0.4, -0.2) is 13.7 Å². The lowest BCUT2D eigenvalue weighted by atomic mass is 10.0. The minimum atomic E-state index is 0.491. The first kappa shape index (κ1) is 10.2. The van der Waals surface area contributed by atoms with Crippen molar-refractivity contribution in [2.45, 2.75) is 12.8 Å². The average molecular weight is 152 g/mol. The fraction of sp³-hybridized carbons (Fsp3) is 0.500. The van der Waals surface area contributed by atoms with Crippen molar-refractivity contribution in [3.05, 3.63) is 31.0 Å². The van der Waals surface area contributed by atoms with Crippen molar-refractivity contribution in [3.8, 4) is 0 Å². The first-order valence-corrected chi connectivity index (χ1v) is 3.81. The third kappa shape index (κ3) is 5.65. The minimum absolute atomic E-state index is 0.491. The molecule has 0 fully saturated rings. The van der Waals surface area contributed by atoms with Gasteiger partial charge in [-0.2, -0.15) is 0 Å². The number of hydrogen-bond acceptors (Lipinski definition) is 1. The van der Waals surface area contributed by atoms with E-state index < -0.39 is 0 Å². The largest absolute Gasteiger partial charge is 0.385 e. The fourth-order valence-electron chi connectivity index (χ4n) is 0.919. The Kier molecular flexibility index (Phi) is 6.81. The van der Waals surface area contributed by atoms with Crippen molar-refractivity contribution in [1.29, 1.82) is 0 Å². The number of allylic oxidation sites excluding steroid dienone is 2. The van der Waals surface area contributed by atoms with E-state index in [2.05, 4.69) is 18.9 Å². The molecule has 0 amide bonds. The summed E-state index contributed by atoms with van der Waals surface area (Å²) in [5, 5.41) is 0. The lowest BCUT2D eigenvalue weighted by Gasteiger charge is -2.06. The second-order valence-electron chi connectivity index (χ2n) is 2.44. The summed E-state index contributed by atoms with van der Waals surface area (Å²) in [6.07, 6.45) is 5.88. The van der Waals surface area contributed by atoms with E-state index in [0.29, 0.717) is 5.92 Å². The summed E-state index contributed by atoms with van der Waals surface area (Å²) in [6, 6.07) is 0. The molecule has 0 saturated carbocycles. The highest BCUT2D eigenvalue weighted by Crippen LogP contribution is 2.09. The van der Waals surface area contributed by atoms with Crippen LogP contribution in [0.2, 0.25) is 0 Å². The molecule has 0 aromatic heterocycles. The fourth-order valence-corrected chi connectivity index (χ4v) is 0.919. The van der Waals surface area contributed by atoms with Crippen LogP contribution in [0.15, 0.2) is 31.0 Å². The molecule has 0 aliphatic rings. The summed E-state index contributed by atoms with van der Waals surface area (Å²) in [5.74, 6) is 0.491. The van der Waals surface area contributed by atoms with Gasteiger partial charge in [0.2, 0.25) is 0 Å². The molecule has 0 aliphatic heterocycles. The lowest BCUT2D eigenvalue weighted by molar-refractivity contribution is 0.184. The summed E-state index contributed by atoms with van der Waals surface area (Å²) < 4.78 is 4.96. The van der Waals surface area contributed by atoms with E-state index in [-0.39, 0.29) is 0 Å². The number of hydrogen-bond donors (Lipinski definition) is 0. The first-order chi connectivity index (χ1) is 5.35. The molecule has 0 bridgehead atoms. The Hall–Kier alpha value is -0.780. The Balaban J connectivity index is 3.68. The zero-order valence-electron chi connectivity index (χ0n) is 7.18. The maximum absolute atomic E-state index is 4.96. The SMILES string of the molecule is C=C=CC(CC=C)CCOC. The van der Waals surface area contributed by atoms with Crippen LogP contribution in [0.3, 0.4) is 0 Å². The summed E-state index contributed by atoms with van der Waals surface area (Å²) in [4.78, 5) is 0. The van der Waals surface area contributed by atoms with Gasteiger partial charge in [-0.25, -0.2) is 0 Å². The standard InChI is InChI=1S/C10H16O/c1-4-6-10(7-5-2)8-9-11-3/h4,7,10H,1-2,6,8-9H2,3H3. The predicted molar refractivity (Wildman–Crippen MR) is 48.5 cm³/mol. The maximum Gasteiger partial charge on any atom is 0.0468 e. The normalized spacial score (nSPS) is 11.7.